The molecular formula is C19H18N6S. The first-order valence-electron chi connectivity index (χ1n) is 8.23. The molecule has 0 unspecified atom stereocenters. The Hall–Kier alpha value is -3.06. The third-order valence-electron chi connectivity index (χ3n) is 4.38. The van der Waals surface area contributed by atoms with Crippen LogP contribution in [-0.4, -0.2) is 25.2 Å². The Labute approximate surface area is 155 Å². The molecule has 0 atom stereocenters. The van der Waals surface area contributed by atoms with Gasteiger partial charge in [0.1, 0.15) is 11.2 Å². The predicted molar refractivity (Wildman–Crippen MR) is 106 cm³/mol. The van der Waals surface area contributed by atoms with Crippen LogP contribution in [0.1, 0.15) is 22.9 Å². The highest BCUT2D eigenvalue weighted by atomic mass is 32.1. The van der Waals surface area contributed by atoms with Gasteiger partial charge in [-0.1, -0.05) is 12.1 Å². The lowest BCUT2D eigenvalue weighted by Crippen LogP contribution is -2.02. The Morgan fingerprint density at radius 1 is 1.15 bits per heavy atom. The first-order chi connectivity index (χ1) is 12.6. The van der Waals surface area contributed by atoms with Gasteiger partial charge in [-0.2, -0.15) is 5.10 Å². The number of hydrazone groups is 1. The largest absolute Gasteiger partial charge is 0.306 e. The SMILES string of the molecule is C/C(=N/Nc1ncnc2sc(C)c(C)c12)c1ccc(-n2ccnc2)cc1. The van der Waals surface area contributed by atoms with E-state index in [1.165, 1.54) is 10.4 Å². The molecule has 3 aromatic heterocycles. The van der Waals surface area contributed by atoms with Crippen LogP contribution >= 0.6 is 11.3 Å². The molecule has 0 fully saturated rings. The molecule has 130 valence electrons. The van der Waals surface area contributed by atoms with E-state index in [2.05, 4.69) is 39.3 Å². The molecule has 0 amide bonds. The third kappa shape index (κ3) is 2.97. The summed E-state index contributed by atoms with van der Waals surface area (Å²) in [4.78, 5) is 15.0. The maximum atomic E-state index is 4.52. The molecule has 0 aliphatic rings. The van der Waals surface area contributed by atoms with Crippen molar-refractivity contribution < 1.29 is 0 Å². The molecule has 26 heavy (non-hydrogen) atoms. The van der Waals surface area contributed by atoms with Gasteiger partial charge in [0.25, 0.3) is 0 Å². The standard InChI is InChI=1S/C19H18N6S/c1-12-14(3)26-19-17(12)18(21-10-22-19)24-23-13(2)15-4-6-16(7-5-15)25-9-8-20-11-25/h4-11H,1-3H3,(H,21,22,24)/b23-13-. The number of nitrogens with one attached hydrogen (secondary N) is 1. The summed E-state index contributed by atoms with van der Waals surface area (Å²) in [5.74, 6) is 0.742. The zero-order chi connectivity index (χ0) is 18.1. The lowest BCUT2D eigenvalue weighted by Gasteiger charge is -2.06. The molecule has 0 radical (unpaired) electrons. The number of fused-ring (bicyclic) bond motifs is 1. The van der Waals surface area contributed by atoms with E-state index < -0.39 is 0 Å². The van der Waals surface area contributed by atoms with Crippen molar-refractivity contribution in [3.63, 3.8) is 0 Å². The van der Waals surface area contributed by atoms with E-state index in [1.54, 1.807) is 30.2 Å². The van der Waals surface area contributed by atoms with E-state index in [0.717, 1.165) is 33.0 Å². The van der Waals surface area contributed by atoms with Crippen molar-refractivity contribution in [2.24, 2.45) is 5.10 Å². The minimum Gasteiger partial charge on any atom is -0.306 e. The molecule has 0 saturated heterocycles. The van der Waals surface area contributed by atoms with E-state index in [9.17, 15) is 0 Å². The molecule has 1 N–H and O–H groups in total. The van der Waals surface area contributed by atoms with E-state index in [1.807, 2.05) is 42.0 Å². The number of benzene rings is 1. The molecule has 6 nitrogen and oxygen atoms in total. The van der Waals surface area contributed by atoms with Gasteiger partial charge in [0.15, 0.2) is 5.82 Å². The van der Waals surface area contributed by atoms with Gasteiger partial charge in [-0.25, -0.2) is 15.0 Å². The van der Waals surface area contributed by atoms with E-state index in [0.29, 0.717) is 0 Å². The molecule has 3 heterocycles. The molecule has 4 aromatic rings. The maximum absolute atomic E-state index is 4.52. The molecule has 0 saturated carbocycles. The van der Waals surface area contributed by atoms with Crippen molar-refractivity contribution in [3.05, 3.63) is 65.3 Å². The first kappa shape index (κ1) is 16.4. The lowest BCUT2D eigenvalue weighted by atomic mass is 10.1. The topological polar surface area (TPSA) is 68.0 Å². The van der Waals surface area contributed by atoms with Crippen LogP contribution in [0.3, 0.4) is 0 Å². The number of anilines is 1. The summed E-state index contributed by atoms with van der Waals surface area (Å²) in [6.07, 6.45) is 7.04. The molecule has 0 aliphatic carbocycles. The van der Waals surface area contributed by atoms with Crippen molar-refractivity contribution >= 4 is 33.1 Å². The van der Waals surface area contributed by atoms with Gasteiger partial charge in [0.05, 0.1) is 17.4 Å². The Bertz CT molecular complexity index is 1080. The minimum absolute atomic E-state index is 0.742. The molecule has 0 bridgehead atoms. The summed E-state index contributed by atoms with van der Waals surface area (Å²) in [5, 5.41) is 5.56. The molecule has 4 rings (SSSR count). The number of rotatable bonds is 4. The number of nitrogens with zero attached hydrogens (tertiary/aromatic N) is 5. The summed E-state index contributed by atoms with van der Waals surface area (Å²) in [7, 11) is 0. The fourth-order valence-corrected chi connectivity index (χ4v) is 3.75. The van der Waals surface area contributed by atoms with Gasteiger partial charge in [-0.15, -0.1) is 11.3 Å². The van der Waals surface area contributed by atoms with Crippen molar-refractivity contribution in [2.75, 3.05) is 5.43 Å². The monoisotopic (exact) mass is 362 g/mol. The summed E-state index contributed by atoms with van der Waals surface area (Å²) in [6, 6.07) is 8.19. The summed E-state index contributed by atoms with van der Waals surface area (Å²) in [5.41, 5.74) is 7.31. The first-order valence-corrected chi connectivity index (χ1v) is 9.05. The average Bonchev–Trinajstić information content (AvgIpc) is 3.29. The van der Waals surface area contributed by atoms with Gasteiger partial charge < -0.3 is 4.57 Å². The zero-order valence-corrected chi connectivity index (χ0v) is 15.6. The van der Waals surface area contributed by atoms with Crippen molar-refractivity contribution in [1.82, 2.24) is 19.5 Å². The van der Waals surface area contributed by atoms with Crippen LogP contribution in [-0.2, 0) is 0 Å². The minimum atomic E-state index is 0.742. The van der Waals surface area contributed by atoms with Crippen LogP contribution in [0, 0.1) is 13.8 Å². The molecule has 7 heteroatoms. The van der Waals surface area contributed by atoms with Crippen LogP contribution in [0.2, 0.25) is 0 Å². The summed E-state index contributed by atoms with van der Waals surface area (Å²) >= 11 is 1.68. The summed E-state index contributed by atoms with van der Waals surface area (Å²) < 4.78 is 1.97. The van der Waals surface area contributed by atoms with Crippen molar-refractivity contribution in [2.45, 2.75) is 20.8 Å². The third-order valence-corrected chi connectivity index (χ3v) is 5.50. The Morgan fingerprint density at radius 2 is 1.96 bits per heavy atom. The van der Waals surface area contributed by atoms with Crippen LogP contribution in [0.15, 0.2) is 54.4 Å². The van der Waals surface area contributed by atoms with Gasteiger partial charge in [0, 0.05) is 23.0 Å². The van der Waals surface area contributed by atoms with E-state index in [4.69, 9.17) is 0 Å². The molecule has 1 aromatic carbocycles. The van der Waals surface area contributed by atoms with Gasteiger partial charge in [-0.05, 0) is 44.0 Å². The number of imidazole rings is 1. The number of aryl methyl sites for hydroxylation is 2. The Kier molecular flexibility index (Phi) is 4.22. The Balaban J connectivity index is 1.59. The highest BCUT2D eigenvalue weighted by Gasteiger charge is 2.11. The maximum Gasteiger partial charge on any atom is 0.158 e. The van der Waals surface area contributed by atoms with Crippen LogP contribution in [0.5, 0.6) is 0 Å². The number of aromatic nitrogens is 4. The van der Waals surface area contributed by atoms with Gasteiger partial charge in [-0.3, -0.25) is 5.43 Å². The average molecular weight is 362 g/mol. The second kappa shape index (κ2) is 6.68. The Morgan fingerprint density at radius 3 is 2.69 bits per heavy atom. The number of hydrogen-bond acceptors (Lipinski definition) is 6. The van der Waals surface area contributed by atoms with Crippen LogP contribution < -0.4 is 5.43 Å². The molecular weight excluding hydrogens is 344 g/mol. The number of hydrogen-bond donors (Lipinski definition) is 1. The lowest BCUT2D eigenvalue weighted by molar-refractivity contribution is 1.06. The fourth-order valence-electron chi connectivity index (χ4n) is 2.76. The normalized spacial score (nSPS) is 11.9. The molecule has 0 aliphatic heterocycles. The predicted octanol–water partition coefficient (Wildman–Crippen LogP) is 4.33. The van der Waals surface area contributed by atoms with Gasteiger partial charge >= 0.3 is 0 Å². The van der Waals surface area contributed by atoms with E-state index >= 15 is 0 Å². The second-order valence-electron chi connectivity index (χ2n) is 6.01. The second-order valence-corrected chi connectivity index (χ2v) is 7.21. The number of thiophene rings is 1. The van der Waals surface area contributed by atoms with Gasteiger partial charge in [0.2, 0.25) is 0 Å². The fraction of sp³-hybridized carbons (Fsp3) is 0.158. The van der Waals surface area contributed by atoms with Crippen LogP contribution in [0.25, 0.3) is 15.9 Å². The molecule has 0 spiro atoms. The quantitative estimate of drug-likeness (QED) is 0.433. The smallest absolute Gasteiger partial charge is 0.158 e. The van der Waals surface area contributed by atoms with Crippen LogP contribution in [0.4, 0.5) is 5.82 Å². The van der Waals surface area contributed by atoms with E-state index in [-0.39, 0.29) is 0 Å². The highest BCUT2D eigenvalue weighted by molar-refractivity contribution is 7.18. The van der Waals surface area contributed by atoms with Crippen molar-refractivity contribution in [3.8, 4) is 5.69 Å². The highest BCUT2D eigenvalue weighted by Crippen LogP contribution is 2.32. The van der Waals surface area contributed by atoms with Crippen molar-refractivity contribution in [1.29, 1.82) is 0 Å². The summed E-state index contributed by atoms with van der Waals surface area (Å²) in [6.45, 7) is 6.17. The zero-order valence-electron chi connectivity index (χ0n) is 14.8.